The Labute approximate surface area is 127 Å². The lowest BCUT2D eigenvalue weighted by Gasteiger charge is -2.34. The van der Waals surface area contributed by atoms with Crippen LogP contribution in [0.2, 0.25) is 0 Å². The van der Waals surface area contributed by atoms with Gasteiger partial charge in [-0.05, 0) is 17.7 Å². The summed E-state index contributed by atoms with van der Waals surface area (Å²) in [5.74, 6) is 6.04. The molecule has 1 fully saturated rings. The molecule has 4 nitrogen and oxygen atoms in total. The number of piperazine rings is 1. The van der Waals surface area contributed by atoms with Gasteiger partial charge in [-0.25, -0.2) is 0 Å². The fourth-order valence-corrected chi connectivity index (χ4v) is 2.54. The predicted octanol–water partition coefficient (Wildman–Crippen LogP) is 0.530. The first-order chi connectivity index (χ1) is 10.3. The van der Waals surface area contributed by atoms with E-state index in [0.717, 1.165) is 44.8 Å². The van der Waals surface area contributed by atoms with Gasteiger partial charge in [-0.2, -0.15) is 0 Å². The Hall–Kier alpha value is -1.38. The molecule has 0 amide bonds. The van der Waals surface area contributed by atoms with Gasteiger partial charge in [-0.3, -0.25) is 9.80 Å². The Morgan fingerprint density at radius 3 is 2.48 bits per heavy atom. The van der Waals surface area contributed by atoms with Gasteiger partial charge in [0.15, 0.2) is 0 Å². The van der Waals surface area contributed by atoms with Crippen LogP contribution in [-0.4, -0.2) is 66.0 Å². The summed E-state index contributed by atoms with van der Waals surface area (Å²) in [5, 5.41) is 17.7. The molecule has 1 aromatic rings. The third-order valence-corrected chi connectivity index (χ3v) is 3.68. The lowest BCUT2D eigenvalue weighted by Crippen LogP contribution is -2.46. The first kappa shape index (κ1) is 16.0. The molecule has 1 aromatic carbocycles. The van der Waals surface area contributed by atoms with Crippen LogP contribution in [0, 0.1) is 11.8 Å². The molecule has 2 rings (SSSR count). The third-order valence-electron chi connectivity index (χ3n) is 3.68. The standard InChI is InChI=1S/C17H24N2O2/c20-12-2-1-4-16-5-3-6-17(14-16)15-19-9-7-18(8-10-19)11-13-21/h3,5-6,14,20-21H,2,7-13,15H2. The molecule has 0 radical (unpaired) electrons. The molecule has 1 saturated heterocycles. The van der Waals surface area contributed by atoms with Crippen molar-refractivity contribution >= 4 is 0 Å². The van der Waals surface area contributed by atoms with Crippen LogP contribution in [0.5, 0.6) is 0 Å². The lowest BCUT2D eigenvalue weighted by molar-refractivity contribution is 0.108. The predicted molar refractivity (Wildman–Crippen MR) is 83.8 cm³/mol. The summed E-state index contributed by atoms with van der Waals surface area (Å²) in [5.41, 5.74) is 2.29. The second kappa shape index (κ2) is 8.81. The molecule has 0 aliphatic carbocycles. The summed E-state index contributed by atoms with van der Waals surface area (Å²) in [7, 11) is 0. The molecule has 1 heterocycles. The Kier molecular flexibility index (Phi) is 6.71. The molecule has 0 spiro atoms. The molecule has 0 saturated carbocycles. The summed E-state index contributed by atoms with van der Waals surface area (Å²) < 4.78 is 0. The highest BCUT2D eigenvalue weighted by Gasteiger charge is 2.16. The van der Waals surface area contributed by atoms with Crippen LogP contribution in [0.15, 0.2) is 24.3 Å². The molecule has 114 valence electrons. The molecular weight excluding hydrogens is 264 g/mol. The molecule has 1 aliphatic rings. The van der Waals surface area contributed by atoms with Crippen LogP contribution in [0.1, 0.15) is 17.5 Å². The van der Waals surface area contributed by atoms with E-state index in [-0.39, 0.29) is 13.2 Å². The maximum atomic E-state index is 8.96. The van der Waals surface area contributed by atoms with Crippen LogP contribution in [0.4, 0.5) is 0 Å². The molecule has 0 unspecified atom stereocenters. The summed E-state index contributed by atoms with van der Waals surface area (Å²) in [6, 6.07) is 8.31. The smallest absolute Gasteiger partial charge is 0.0558 e. The van der Waals surface area contributed by atoms with E-state index >= 15 is 0 Å². The van der Waals surface area contributed by atoms with Crippen molar-refractivity contribution in [2.75, 3.05) is 45.9 Å². The van der Waals surface area contributed by atoms with E-state index in [9.17, 15) is 0 Å². The van der Waals surface area contributed by atoms with Gasteiger partial charge in [-0.15, -0.1) is 0 Å². The number of hydrogen-bond acceptors (Lipinski definition) is 4. The minimum absolute atomic E-state index is 0.116. The molecule has 21 heavy (non-hydrogen) atoms. The Morgan fingerprint density at radius 2 is 1.76 bits per heavy atom. The van der Waals surface area contributed by atoms with E-state index in [1.54, 1.807) is 0 Å². The Balaban J connectivity index is 1.86. The minimum Gasteiger partial charge on any atom is -0.395 e. The number of benzene rings is 1. The van der Waals surface area contributed by atoms with Crippen molar-refractivity contribution in [3.8, 4) is 11.8 Å². The van der Waals surface area contributed by atoms with Gasteiger partial charge in [0.25, 0.3) is 0 Å². The van der Waals surface area contributed by atoms with Gasteiger partial charge in [0.2, 0.25) is 0 Å². The first-order valence-corrected chi connectivity index (χ1v) is 7.56. The molecule has 0 aromatic heterocycles. The molecule has 4 heteroatoms. The Bertz CT molecular complexity index is 485. The molecule has 2 N–H and O–H groups in total. The molecule has 0 atom stereocenters. The highest BCUT2D eigenvalue weighted by Crippen LogP contribution is 2.10. The van der Waals surface area contributed by atoms with Gasteiger partial charge in [-0.1, -0.05) is 24.0 Å². The number of rotatable bonds is 5. The van der Waals surface area contributed by atoms with E-state index in [1.165, 1.54) is 5.56 Å². The van der Waals surface area contributed by atoms with E-state index in [0.29, 0.717) is 6.42 Å². The topological polar surface area (TPSA) is 46.9 Å². The largest absolute Gasteiger partial charge is 0.395 e. The summed E-state index contributed by atoms with van der Waals surface area (Å²) >= 11 is 0. The monoisotopic (exact) mass is 288 g/mol. The highest BCUT2D eigenvalue weighted by molar-refractivity contribution is 5.37. The van der Waals surface area contributed by atoms with Gasteiger partial charge in [0.05, 0.1) is 13.2 Å². The van der Waals surface area contributed by atoms with Crippen molar-refractivity contribution in [2.45, 2.75) is 13.0 Å². The number of nitrogens with zero attached hydrogens (tertiary/aromatic N) is 2. The van der Waals surface area contributed by atoms with E-state index < -0.39 is 0 Å². The fraction of sp³-hybridized carbons (Fsp3) is 0.529. The zero-order valence-electron chi connectivity index (χ0n) is 12.5. The molecular formula is C17H24N2O2. The number of aliphatic hydroxyl groups excluding tert-OH is 2. The van der Waals surface area contributed by atoms with Gasteiger partial charge in [0, 0.05) is 51.3 Å². The minimum atomic E-state index is 0.116. The molecule has 0 bridgehead atoms. The van der Waals surface area contributed by atoms with Crippen LogP contribution in [0.3, 0.4) is 0 Å². The van der Waals surface area contributed by atoms with E-state index in [1.807, 2.05) is 12.1 Å². The van der Waals surface area contributed by atoms with Crippen molar-refractivity contribution in [3.63, 3.8) is 0 Å². The number of hydrogen-bond donors (Lipinski definition) is 2. The SMILES string of the molecule is OCCC#Cc1cccc(CN2CCN(CCO)CC2)c1. The van der Waals surface area contributed by atoms with Gasteiger partial charge < -0.3 is 10.2 Å². The number of aliphatic hydroxyl groups is 2. The van der Waals surface area contributed by atoms with Crippen molar-refractivity contribution in [1.82, 2.24) is 9.80 Å². The summed E-state index contributed by atoms with van der Waals surface area (Å²) in [4.78, 5) is 4.74. The summed E-state index contributed by atoms with van der Waals surface area (Å²) in [6.45, 7) is 6.22. The average Bonchev–Trinajstić information content (AvgIpc) is 2.50. The number of β-amino-alcohol motifs (C(OH)–C–C–N with tert-alkyl or cyclic N) is 1. The second-order valence-corrected chi connectivity index (χ2v) is 5.32. The van der Waals surface area contributed by atoms with Crippen LogP contribution >= 0.6 is 0 Å². The zero-order chi connectivity index (χ0) is 14.9. The normalized spacial score (nSPS) is 16.5. The second-order valence-electron chi connectivity index (χ2n) is 5.32. The van der Waals surface area contributed by atoms with Gasteiger partial charge >= 0.3 is 0 Å². The maximum Gasteiger partial charge on any atom is 0.0558 e. The van der Waals surface area contributed by atoms with E-state index in [2.05, 4.69) is 33.8 Å². The van der Waals surface area contributed by atoms with Gasteiger partial charge in [0.1, 0.15) is 0 Å². The van der Waals surface area contributed by atoms with Crippen molar-refractivity contribution in [2.24, 2.45) is 0 Å². The fourth-order valence-electron chi connectivity index (χ4n) is 2.54. The first-order valence-electron chi connectivity index (χ1n) is 7.56. The van der Waals surface area contributed by atoms with Crippen LogP contribution in [-0.2, 0) is 6.54 Å². The average molecular weight is 288 g/mol. The summed E-state index contributed by atoms with van der Waals surface area (Å²) in [6.07, 6.45) is 0.525. The van der Waals surface area contributed by atoms with E-state index in [4.69, 9.17) is 10.2 Å². The van der Waals surface area contributed by atoms with Crippen LogP contribution in [0.25, 0.3) is 0 Å². The Morgan fingerprint density at radius 1 is 1.00 bits per heavy atom. The highest BCUT2D eigenvalue weighted by atomic mass is 16.3. The van der Waals surface area contributed by atoms with Crippen molar-refractivity contribution < 1.29 is 10.2 Å². The molecule has 1 aliphatic heterocycles. The third kappa shape index (κ3) is 5.49. The maximum absolute atomic E-state index is 8.96. The zero-order valence-corrected chi connectivity index (χ0v) is 12.5. The van der Waals surface area contributed by atoms with Crippen molar-refractivity contribution in [3.05, 3.63) is 35.4 Å². The quantitative estimate of drug-likeness (QED) is 0.776. The van der Waals surface area contributed by atoms with Crippen LogP contribution < -0.4 is 0 Å². The van der Waals surface area contributed by atoms with Crippen molar-refractivity contribution in [1.29, 1.82) is 0 Å². The lowest BCUT2D eigenvalue weighted by atomic mass is 10.1.